The topological polar surface area (TPSA) is 181 Å². The summed E-state index contributed by atoms with van der Waals surface area (Å²) in [6.07, 6.45) is -4.81. The lowest BCUT2D eigenvalue weighted by atomic mass is 10.1. The second kappa shape index (κ2) is 5.83. The van der Waals surface area contributed by atoms with Crippen molar-refractivity contribution >= 4 is 13.5 Å². The van der Waals surface area contributed by atoms with Crippen LogP contribution in [-0.4, -0.2) is 59.0 Å². The second-order valence-electron chi connectivity index (χ2n) is 4.42. The molecule has 13 heteroatoms. The van der Waals surface area contributed by atoms with Crippen molar-refractivity contribution in [1.82, 2.24) is 14.8 Å². The second-order valence-corrected chi connectivity index (χ2v) is 5.93. The third-order valence-electron chi connectivity index (χ3n) is 2.84. The summed E-state index contributed by atoms with van der Waals surface area (Å²) >= 11 is 0. The van der Waals surface area contributed by atoms with Crippen LogP contribution in [0.5, 0.6) is 0 Å². The number of hydrogen-bond acceptors (Lipinski definition) is 7. The molecule has 22 heavy (non-hydrogen) atoms. The molecule has 122 valence electrons. The van der Waals surface area contributed by atoms with Gasteiger partial charge in [-0.2, -0.15) is 4.39 Å². The van der Waals surface area contributed by atoms with E-state index in [1.165, 1.54) is 0 Å². The number of halogens is 1. The van der Waals surface area contributed by atoms with Crippen LogP contribution in [0.3, 0.4) is 0 Å². The zero-order valence-electron chi connectivity index (χ0n) is 10.7. The number of carbonyl (C=O) groups is 1. The van der Waals surface area contributed by atoms with Crippen LogP contribution in [0.25, 0.3) is 0 Å². The number of rotatable bonds is 4. The molecular formula is C9H12FN4O7P. The molecule has 1 aliphatic heterocycles. The third-order valence-corrected chi connectivity index (χ3v) is 3.55. The van der Waals surface area contributed by atoms with Crippen LogP contribution in [0.4, 0.5) is 4.39 Å². The van der Waals surface area contributed by atoms with E-state index in [9.17, 15) is 24.0 Å². The van der Waals surface area contributed by atoms with Crippen LogP contribution >= 0.6 is 7.60 Å². The van der Waals surface area contributed by atoms with Gasteiger partial charge in [0.1, 0.15) is 24.6 Å². The summed E-state index contributed by atoms with van der Waals surface area (Å²) in [6, 6.07) is 0. The Kier molecular flexibility index (Phi) is 4.42. The molecule has 4 atom stereocenters. The molecule has 6 N–H and O–H groups in total. The van der Waals surface area contributed by atoms with Crippen molar-refractivity contribution in [3.63, 3.8) is 0 Å². The first-order chi connectivity index (χ1) is 10.1. The molecule has 11 nitrogen and oxygen atoms in total. The van der Waals surface area contributed by atoms with Gasteiger partial charge in [0.2, 0.25) is 11.4 Å². The van der Waals surface area contributed by atoms with Crippen molar-refractivity contribution in [1.29, 1.82) is 0 Å². The Hall–Kier alpha value is -1.69. The molecule has 1 saturated heterocycles. The van der Waals surface area contributed by atoms with E-state index < -0.39 is 43.6 Å². The fourth-order valence-electron chi connectivity index (χ4n) is 1.78. The van der Waals surface area contributed by atoms with Gasteiger partial charge < -0.3 is 30.5 Å². The summed E-state index contributed by atoms with van der Waals surface area (Å²) in [6.45, 7) is 0. The molecule has 1 fully saturated rings. The average Bonchev–Trinajstić information content (AvgIpc) is 2.98. The molecule has 0 aliphatic carbocycles. The van der Waals surface area contributed by atoms with Gasteiger partial charge in [-0.05, 0) is 6.08 Å². The highest BCUT2D eigenvalue weighted by molar-refractivity contribution is 7.56. The Morgan fingerprint density at radius 2 is 2.09 bits per heavy atom. The van der Waals surface area contributed by atoms with Crippen molar-refractivity contribution < 1.29 is 38.5 Å². The lowest BCUT2D eigenvalue weighted by molar-refractivity contribution is -0.0348. The fraction of sp³-hybridized carbons (Fsp3) is 0.444. The van der Waals surface area contributed by atoms with Crippen molar-refractivity contribution in [3.8, 4) is 0 Å². The van der Waals surface area contributed by atoms with Crippen LogP contribution in [0.1, 0.15) is 16.8 Å². The molecule has 0 radical (unpaired) electrons. The number of nitrogens with two attached hydrogens (primary N) is 1. The molecule has 2 heterocycles. The smallest absolute Gasteiger partial charge is 0.384 e. The molecule has 1 amide bonds. The van der Waals surface area contributed by atoms with Gasteiger partial charge in [-0.3, -0.25) is 9.36 Å². The molecule has 1 aromatic heterocycles. The maximum atomic E-state index is 13.2. The van der Waals surface area contributed by atoms with Crippen LogP contribution in [0, 0.1) is 0 Å². The van der Waals surface area contributed by atoms with Crippen molar-refractivity contribution in [2.75, 3.05) is 0 Å². The Bertz CT molecular complexity index is 658. The molecule has 0 spiro atoms. The summed E-state index contributed by atoms with van der Waals surface area (Å²) in [5, 5.41) is 23.2. The summed E-state index contributed by atoms with van der Waals surface area (Å²) in [4.78, 5) is 31.7. The van der Waals surface area contributed by atoms with Crippen LogP contribution < -0.4 is 5.73 Å². The number of aliphatic hydroxyl groups is 2. The van der Waals surface area contributed by atoms with E-state index in [1.807, 2.05) is 0 Å². The predicted molar refractivity (Wildman–Crippen MR) is 65.7 cm³/mol. The number of aliphatic hydroxyl groups excluding tert-OH is 2. The van der Waals surface area contributed by atoms with E-state index in [1.54, 1.807) is 0 Å². The SMILES string of the molecule is NC(=O)c1ncn(C2O[C@H](/C=C(\F)P(=O)(O)O)[C@@H](O)[C@H]2O)n1. The molecule has 1 aliphatic rings. The number of carbonyl (C=O) groups excluding carboxylic acids is 1. The van der Waals surface area contributed by atoms with Crippen molar-refractivity contribution in [2.24, 2.45) is 5.73 Å². The quantitative estimate of drug-likeness (QED) is 0.387. The normalized spacial score (nSPS) is 29.8. The zero-order chi connectivity index (χ0) is 16.7. The van der Waals surface area contributed by atoms with Gasteiger partial charge in [-0.15, -0.1) is 5.10 Å². The average molecular weight is 338 g/mol. The third kappa shape index (κ3) is 3.21. The molecular weight excluding hydrogens is 326 g/mol. The number of nitrogens with zero attached hydrogens (tertiary/aromatic N) is 3. The molecule has 0 aromatic carbocycles. The lowest BCUT2D eigenvalue weighted by Gasteiger charge is -2.13. The zero-order valence-corrected chi connectivity index (χ0v) is 11.6. The van der Waals surface area contributed by atoms with E-state index in [-0.39, 0.29) is 5.82 Å². The van der Waals surface area contributed by atoms with Crippen LogP contribution in [-0.2, 0) is 9.30 Å². The van der Waals surface area contributed by atoms with E-state index in [0.717, 1.165) is 11.0 Å². The first-order valence-electron chi connectivity index (χ1n) is 5.77. The van der Waals surface area contributed by atoms with Crippen LogP contribution in [0.15, 0.2) is 18.0 Å². The van der Waals surface area contributed by atoms with Gasteiger partial charge in [0.05, 0.1) is 0 Å². The van der Waals surface area contributed by atoms with Gasteiger partial charge in [0, 0.05) is 0 Å². The Labute approximate surface area is 122 Å². The molecule has 1 unspecified atom stereocenters. The summed E-state index contributed by atoms with van der Waals surface area (Å²) in [7, 11) is -5.13. The maximum Gasteiger partial charge on any atom is 0.384 e. The summed E-state index contributed by atoms with van der Waals surface area (Å²) in [5.41, 5.74) is 3.15. The summed E-state index contributed by atoms with van der Waals surface area (Å²) < 4.78 is 29.9. The Morgan fingerprint density at radius 3 is 2.59 bits per heavy atom. The molecule has 2 rings (SSSR count). The van der Waals surface area contributed by atoms with E-state index in [2.05, 4.69) is 10.1 Å². The van der Waals surface area contributed by atoms with Gasteiger partial charge >= 0.3 is 7.60 Å². The van der Waals surface area contributed by atoms with Gasteiger partial charge in [0.15, 0.2) is 6.23 Å². The summed E-state index contributed by atoms with van der Waals surface area (Å²) in [5.74, 6) is -1.30. The highest BCUT2D eigenvalue weighted by Gasteiger charge is 2.44. The molecule has 0 bridgehead atoms. The minimum Gasteiger partial charge on any atom is -0.387 e. The highest BCUT2D eigenvalue weighted by Crippen LogP contribution is 2.46. The van der Waals surface area contributed by atoms with E-state index in [0.29, 0.717) is 6.08 Å². The maximum absolute atomic E-state index is 13.2. The minimum absolute atomic E-state index is 0.362. The van der Waals surface area contributed by atoms with E-state index in [4.69, 9.17) is 20.3 Å². The number of ether oxygens (including phenoxy) is 1. The Balaban J connectivity index is 2.23. The highest BCUT2D eigenvalue weighted by atomic mass is 31.2. The first kappa shape index (κ1) is 16.7. The minimum atomic E-state index is -5.13. The number of primary amides is 1. The van der Waals surface area contributed by atoms with Gasteiger partial charge in [0.25, 0.3) is 5.91 Å². The standard InChI is InChI=1S/C9H12FN4O7P/c10-4(22(18,19)20)1-3-5(15)6(16)9(21-3)14-2-12-8(13-14)7(11)17/h1-3,5-6,9,15-16H,(H2,11,17)(H2,18,19,20)/b4-1+/t3-,5-,6-,9?/m1/s1. The van der Waals surface area contributed by atoms with Crippen LogP contribution in [0.2, 0.25) is 0 Å². The Morgan fingerprint density at radius 1 is 1.45 bits per heavy atom. The monoisotopic (exact) mass is 338 g/mol. The predicted octanol–water partition coefficient (Wildman–Crippen LogP) is -2.02. The van der Waals surface area contributed by atoms with Crippen molar-refractivity contribution in [3.05, 3.63) is 23.8 Å². The number of amides is 1. The number of hydrogen-bond donors (Lipinski definition) is 5. The molecule has 1 aromatic rings. The molecule has 0 saturated carbocycles. The van der Waals surface area contributed by atoms with Gasteiger partial charge in [-0.25, -0.2) is 9.67 Å². The van der Waals surface area contributed by atoms with Gasteiger partial charge in [-0.1, -0.05) is 0 Å². The fourth-order valence-corrected chi connectivity index (χ4v) is 2.13. The van der Waals surface area contributed by atoms with E-state index >= 15 is 0 Å². The number of aromatic nitrogens is 3. The largest absolute Gasteiger partial charge is 0.387 e. The lowest BCUT2D eigenvalue weighted by Crippen LogP contribution is -2.31. The first-order valence-corrected chi connectivity index (χ1v) is 7.38. The van der Waals surface area contributed by atoms with Crippen molar-refractivity contribution in [2.45, 2.75) is 24.5 Å².